The van der Waals surface area contributed by atoms with Gasteiger partial charge < -0.3 is 4.74 Å². The van der Waals surface area contributed by atoms with Crippen LogP contribution in [0.4, 0.5) is 0 Å². The van der Waals surface area contributed by atoms with Gasteiger partial charge in [-0.3, -0.25) is 0 Å². The Morgan fingerprint density at radius 1 is 0.739 bits per heavy atom. The second kappa shape index (κ2) is 10.9. The Hall–Kier alpha value is -1.76. The lowest BCUT2D eigenvalue weighted by Gasteiger charge is -1.98. The standard InChI is InChI=1S/C10H12.C8H8O.2C2H6/c1-8-5-6-9-3-2-4-10(9)7-8;1-2-4-8-7(3-1)5-6-9-8;2*1-2/h5-7H,2-4H2,1H3;1-4H,5-6H2;2*1-2H3. The van der Waals surface area contributed by atoms with Crippen molar-refractivity contribution in [3.63, 3.8) is 0 Å². The zero-order valence-corrected chi connectivity index (χ0v) is 15.5. The molecule has 0 fully saturated rings. The lowest BCUT2D eigenvalue weighted by Crippen LogP contribution is -1.85. The first-order chi connectivity index (χ1) is 11.3. The van der Waals surface area contributed by atoms with Gasteiger partial charge in [0.2, 0.25) is 0 Å². The summed E-state index contributed by atoms with van der Waals surface area (Å²) in [7, 11) is 0. The van der Waals surface area contributed by atoms with Gasteiger partial charge in [-0.25, -0.2) is 0 Å². The third-order valence-electron chi connectivity index (χ3n) is 3.86. The van der Waals surface area contributed by atoms with Crippen molar-refractivity contribution in [1.82, 2.24) is 0 Å². The van der Waals surface area contributed by atoms with Crippen LogP contribution < -0.4 is 4.74 Å². The molecule has 0 unspecified atom stereocenters. The molecule has 126 valence electrons. The Balaban J connectivity index is 0.000000190. The minimum Gasteiger partial charge on any atom is -0.493 e. The van der Waals surface area contributed by atoms with Crippen LogP contribution in [0.15, 0.2) is 42.5 Å². The van der Waals surface area contributed by atoms with E-state index in [0.717, 1.165) is 18.8 Å². The number of para-hydroxylation sites is 1. The Bertz CT molecular complexity index is 549. The molecule has 0 aromatic heterocycles. The van der Waals surface area contributed by atoms with Crippen LogP contribution >= 0.6 is 0 Å². The fourth-order valence-corrected chi connectivity index (χ4v) is 2.82. The van der Waals surface area contributed by atoms with Gasteiger partial charge in [0.1, 0.15) is 5.75 Å². The highest BCUT2D eigenvalue weighted by atomic mass is 16.5. The normalized spacial score (nSPS) is 12.9. The molecule has 1 aliphatic carbocycles. The average molecular weight is 312 g/mol. The fraction of sp³-hybridized carbons (Fsp3) is 0.455. The van der Waals surface area contributed by atoms with E-state index in [4.69, 9.17) is 4.74 Å². The summed E-state index contributed by atoms with van der Waals surface area (Å²) < 4.78 is 5.30. The lowest BCUT2D eigenvalue weighted by molar-refractivity contribution is 0.357. The maximum absolute atomic E-state index is 5.30. The molecule has 1 nitrogen and oxygen atoms in total. The summed E-state index contributed by atoms with van der Waals surface area (Å²) in [6.07, 6.45) is 5.04. The number of hydrogen-bond donors (Lipinski definition) is 0. The smallest absolute Gasteiger partial charge is 0.122 e. The van der Waals surface area contributed by atoms with E-state index in [0.29, 0.717) is 0 Å². The first kappa shape index (κ1) is 19.3. The van der Waals surface area contributed by atoms with Crippen LogP contribution in [0.2, 0.25) is 0 Å². The van der Waals surface area contributed by atoms with Gasteiger partial charge in [0.15, 0.2) is 0 Å². The third-order valence-corrected chi connectivity index (χ3v) is 3.86. The van der Waals surface area contributed by atoms with Crippen molar-refractivity contribution in [3.8, 4) is 5.75 Å². The molecule has 2 aliphatic rings. The van der Waals surface area contributed by atoms with E-state index in [2.05, 4.69) is 31.2 Å². The maximum Gasteiger partial charge on any atom is 0.122 e. The molecule has 0 N–H and O–H groups in total. The molecule has 0 atom stereocenters. The predicted octanol–water partition coefficient (Wildman–Crippen LogP) is 6.16. The van der Waals surface area contributed by atoms with Crippen molar-refractivity contribution >= 4 is 0 Å². The second-order valence-corrected chi connectivity index (χ2v) is 5.33. The number of aryl methyl sites for hydroxylation is 3. The highest BCUT2D eigenvalue weighted by Crippen LogP contribution is 2.23. The molecule has 1 heterocycles. The molecule has 0 saturated heterocycles. The highest BCUT2D eigenvalue weighted by Gasteiger charge is 2.09. The molecular formula is C22H32O. The second-order valence-electron chi connectivity index (χ2n) is 5.33. The van der Waals surface area contributed by atoms with Gasteiger partial charge in [-0.2, -0.15) is 0 Å². The number of rotatable bonds is 0. The molecule has 2 aromatic rings. The fourth-order valence-electron chi connectivity index (χ4n) is 2.82. The zero-order chi connectivity index (χ0) is 17.1. The summed E-state index contributed by atoms with van der Waals surface area (Å²) in [5.41, 5.74) is 5.91. The number of ether oxygens (including phenoxy) is 1. The minimum atomic E-state index is 0.860. The topological polar surface area (TPSA) is 9.23 Å². The predicted molar refractivity (Wildman–Crippen MR) is 102 cm³/mol. The SMILES string of the molecule is CC.CC.Cc1ccc2c(c1)CCC2.c1ccc2c(c1)CCO2. The molecule has 0 bridgehead atoms. The molecule has 1 heteroatoms. The molecule has 0 amide bonds. The molecule has 0 radical (unpaired) electrons. The van der Waals surface area contributed by atoms with E-state index in [-0.39, 0.29) is 0 Å². The molecule has 0 saturated carbocycles. The van der Waals surface area contributed by atoms with E-state index >= 15 is 0 Å². The summed E-state index contributed by atoms with van der Waals surface area (Å²) in [6, 6.07) is 15.0. The van der Waals surface area contributed by atoms with Crippen LogP contribution in [0.3, 0.4) is 0 Å². The van der Waals surface area contributed by atoms with Crippen molar-refractivity contribution in [3.05, 3.63) is 64.7 Å². The van der Waals surface area contributed by atoms with Gasteiger partial charge in [0, 0.05) is 6.42 Å². The van der Waals surface area contributed by atoms with Gasteiger partial charge in [-0.05, 0) is 48.9 Å². The van der Waals surface area contributed by atoms with E-state index in [1.54, 1.807) is 11.1 Å². The number of hydrogen-bond acceptors (Lipinski definition) is 1. The quantitative estimate of drug-likeness (QED) is 0.566. The molecule has 2 aromatic carbocycles. The van der Waals surface area contributed by atoms with Crippen LogP contribution in [-0.2, 0) is 19.3 Å². The Labute approximate surface area is 142 Å². The molecule has 23 heavy (non-hydrogen) atoms. The van der Waals surface area contributed by atoms with Crippen LogP contribution in [0.1, 0.15) is 56.4 Å². The van der Waals surface area contributed by atoms with Crippen LogP contribution in [0.5, 0.6) is 5.75 Å². The van der Waals surface area contributed by atoms with Gasteiger partial charge >= 0.3 is 0 Å². The molecule has 0 spiro atoms. The van der Waals surface area contributed by atoms with Gasteiger partial charge in [-0.15, -0.1) is 0 Å². The van der Waals surface area contributed by atoms with Gasteiger partial charge in [0.25, 0.3) is 0 Å². The van der Waals surface area contributed by atoms with E-state index in [1.807, 2.05) is 45.9 Å². The van der Waals surface area contributed by atoms with Gasteiger partial charge in [0.05, 0.1) is 6.61 Å². The van der Waals surface area contributed by atoms with Crippen molar-refractivity contribution in [2.45, 2.75) is 60.3 Å². The van der Waals surface area contributed by atoms with E-state index in [9.17, 15) is 0 Å². The van der Waals surface area contributed by atoms with Crippen molar-refractivity contribution < 1.29 is 4.74 Å². The zero-order valence-electron chi connectivity index (χ0n) is 15.5. The van der Waals surface area contributed by atoms with Crippen LogP contribution in [0.25, 0.3) is 0 Å². The summed E-state index contributed by atoms with van der Waals surface area (Å²) in [5, 5.41) is 0. The first-order valence-electron chi connectivity index (χ1n) is 9.12. The largest absolute Gasteiger partial charge is 0.493 e. The Morgan fingerprint density at radius 2 is 1.43 bits per heavy atom. The van der Waals surface area contributed by atoms with E-state index < -0.39 is 0 Å². The summed E-state index contributed by atoms with van der Waals surface area (Å²) in [6.45, 7) is 11.0. The van der Waals surface area contributed by atoms with Crippen molar-refractivity contribution in [1.29, 1.82) is 0 Å². The Morgan fingerprint density at radius 3 is 2.17 bits per heavy atom. The first-order valence-corrected chi connectivity index (χ1v) is 9.12. The molecule has 4 rings (SSSR count). The van der Waals surface area contributed by atoms with Crippen LogP contribution in [0, 0.1) is 6.92 Å². The van der Waals surface area contributed by atoms with Crippen molar-refractivity contribution in [2.75, 3.05) is 6.61 Å². The van der Waals surface area contributed by atoms with Gasteiger partial charge in [-0.1, -0.05) is 69.7 Å². The van der Waals surface area contributed by atoms with Crippen LogP contribution in [-0.4, -0.2) is 6.61 Å². The summed E-state index contributed by atoms with van der Waals surface area (Å²) in [4.78, 5) is 0. The average Bonchev–Trinajstić information content (AvgIpc) is 3.27. The number of fused-ring (bicyclic) bond motifs is 2. The number of benzene rings is 2. The lowest BCUT2D eigenvalue weighted by atomic mass is 10.1. The molecular weight excluding hydrogens is 280 g/mol. The maximum atomic E-state index is 5.30. The van der Waals surface area contributed by atoms with E-state index in [1.165, 1.54) is 30.4 Å². The van der Waals surface area contributed by atoms with Crippen molar-refractivity contribution in [2.24, 2.45) is 0 Å². The molecule has 1 aliphatic heterocycles. The summed E-state index contributed by atoms with van der Waals surface area (Å²) in [5.74, 6) is 1.07. The summed E-state index contributed by atoms with van der Waals surface area (Å²) >= 11 is 0. The minimum absolute atomic E-state index is 0.860. The Kier molecular flexibility index (Phi) is 9.12. The monoisotopic (exact) mass is 312 g/mol. The highest BCUT2D eigenvalue weighted by molar-refractivity contribution is 5.36. The third kappa shape index (κ3) is 5.74.